The monoisotopic (exact) mass is 587 g/mol. The van der Waals surface area contributed by atoms with Crippen LogP contribution in [0.4, 0.5) is 0 Å². The molecule has 2 aromatic carbocycles. The van der Waals surface area contributed by atoms with Gasteiger partial charge in [-0.3, -0.25) is 0 Å². The van der Waals surface area contributed by atoms with Gasteiger partial charge in [0.1, 0.15) is 10.0 Å². The van der Waals surface area contributed by atoms with E-state index in [-0.39, 0.29) is 26.5 Å². The number of para-hydroxylation sites is 2. The second-order valence-electron chi connectivity index (χ2n) is 6.26. The van der Waals surface area contributed by atoms with E-state index in [1.54, 1.807) is 22.7 Å². The number of ether oxygens (including phenoxy) is 2. The Labute approximate surface area is 186 Å². The Hall–Kier alpha value is -2.01. The summed E-state index contributed by atoms with van der Waals surface area (Å²) in [6.07, 6.45) is 0. The molecule has 0 bridgehead atoms. The van der Waals surface area contributed by atoms with Gasteiger partial charge in [0.15, 0.2) is 0 Å². The van der Waals surface area contributed by atoms with Gasteiger partial charge in [-0.05, 0) is 13.8 Å². The van der Waals surface area contributed by atoms with Gasteiger partial charge in [0.05, 0.1) is 16.2 Å². The molecule has 0 unspecified atom stereocenters. The third-order valence-corrected chi connectivity index (χ3v) is 6.11. The quantitative estimate of drug-likeness (QED) is 0.256. The van der Waals surface area contributed by atoms with Crippen molar-refractivity contribution in [1.82, 2.24) is 9.97 Å². The van der Waals surface area contributed by atoms with Gasteiger partial charge >= 0.3 is 21.1 Å². The van der Waals surface area contributed by atoms with Crippen molar-refractivity contribution in [1.29, 1.82) is 0 Å². The van der Waals surface area contributed by atoms with E-state index < -0.39 is 0 Å². The van der Waals surface area contributed by atoms with E-state index in [1.165, 1.54) is 0 Å². The summed E-state index contributed by atoms with van der Waals surface area (Å²) in [6.45, 7) is 4.20. The third-order valence-electron chi connectivity index (χ3n) is 3.83. The van der Waals surface area contributed by atoms with Crippen LogP contribution in [0.1, 0.15) is 23.9 Å². The summed E-state index contributed by atoms with van der Waals surface area (Å²) in [4.78, 5) is 9.29. The maximum Gasteiger partial charge on any atom is 2.00 e. The molecular formula is C21H16N2O2PtS2. The fourth-order valence-electron chi connectivity index (χ4n) is 2.38. The maximum absolute atomic E-state index is 5.77. The van der Waals surface area contributed by atoms with Gasteiger partial charge in [0, 0.05) is 11.5 Å². The Balaban J connectivity index is 0.00000225. The standard InChI is InChI=1S/C21H16N2O2S2.Pt/c1-21(2,19-22-17(13-26-19)24-15-9-5-3-6-10-15)20-23-18(14-27-20)25-16-11-7-4-8-12-16;/h3-9,11,13-14H,1-2H3;/q-2;+2. The molecule has 0 radical (unpaired) electrons. The molecule has 4 aromatic rings. The molecule has 7 heteroatoms. The zero-order valence-corrected chi connectivity index (χ0v) is 19.0. The van der Waals surface area contributed by atoms with Crippen LogP contribution in [0.2, 0.25) is 0 Å². The number of thiazole rings is 2. The van der Waals surface area contributed by atoms with Crippen LogP contribution in [0.25, 0.3) is 0 Å². The van der Waals surface area contributed by atoms with Crippen molar-refractivity contribution in [3.63, 3.8) is 0 Å². The summed E-state index contributed by atoms with van der Waals surface area (Å²) in [5.41, 5.74) is -0.348. The van der Waals surface area contributed by atoms with Crippen molar-refractivity contribution < 1.29 is 30.5 Å². The molecule has 144 valence electrons. The molecule has 0 amide bonds. The molecule has 0 aliphatic heterocycles. The summed E-state index contributed by atoms with van der Waals surface area (Å²) in [7, 11) is 0. The van der Waals surface area contributed by atoms with Gasteiger partial charge < -0.3 is 9.47 Å². The topological polar surface area (TPSA) is 44.2 Å². The van der Waals surface area contributed by atoms with Gasteiger partial charge in [0.2, 0.25) is 11.8 Å². The summed E-state index contributed by atoms with van der Waals surface area (Å²) < 4.78 is 11.5. The van der Waals surface area contributed by atoms with E-state index in [0.29, 0.717) is 23.3 Å². The molecular weight excluding hydrogens is 571 g/mol. The second-order valence-corrected chi connectivity index (χ2v) is 7.98. The van der Waals surface area contributed by atoms with Crippen LogP contribution < -0.4 is 9.47 Å². The summed E-state index contributed by atoms with van der Waals surface area (Å²) in [6, 6.07) is 21.0. The van der Waals surface area contributed by atoms with E-state index in [0.717, 1.165) is 10.0 Å². The van der Waals surface area contributed by atoms with Crippen molar-refractivity contribution in [2.24, 2.45) is 0 Å². The fraction of sp³-hybridized carbons (Fsp3) is 0.143. The van der Waals surface area contributed by atoms with Crippen LogP contribution in [0.15, 0.2) is 59.3 Å². The molecule has 28 heavy (non-hydrogen) atoms. The zero-order chi connectivity index (χ0) is 18.7. The van der Waals surface area contributed by atoms with Crippen molar-refractivity contribution in [2.75, 3.05) is 0 Å². The minimum Gasteiger partial charge on any atom is -0.465 e. The van der Waals surface area contributed by atoms with Crippen LogP contribution in [0.5, 0.6) is 23.3 Å². The van der Waals surface area contributed by atoms with Gasteiger partial charge in [0.25, 0.3) is 0 Å². The van der Waals surface area contributed by atoms with Crippen LogP contribution in [0.3, 0.4) is 0 Å². The van der Waals surface area contributed by atoms with Gasteiger partial charge in [-0.1, -0.05) is 0 Å². The molecule has 4 rings (SSSR count). The van der Waals surface area contributed by atoms with E-state index >= 15 is 0 Å². The summed E-state index contributed by atoms with van der Waals surface area (Å²) in [5.74, 6) is 2.43. The Bertz CT molecular complexity index is 935. The number of hydrogen-bond acceptors (Lipinski definition) is 6. The predicted molar refractivity (Wildman–Crippen MR) is 107 cm³/mol. The molecule has 2 aromatic heterocycles. The maximum atomic E-state index is 5.77. The van der Waals surface area contributed by atoms with Crippen LogP contribution in [-0.4, -0.2) is 9.97 Å². The molecule has 0 saturated heterocycles. The van der Waals surface area contributed by atoms with Crippen molar-refractivity contribution in [3.05, 3.63) is 81.4 Å². The Kier molecular flexibility index (Phi) is 6.65. The van der Waals surface area contributed by atoms with Crippen molar-refractivity contribution in [3.8, 4) is 23.3 Å². The average molecular weight is 588 g/mol. The van der Waals surface area contributed by atoms with Crippen molar-refractivity contribution >= 4 is 22.7 Å². The van der Waals surface area contributed by atoms with Crippen molar-refractivity contribution in [2.45, 2.75) is 19.3 Å². The normalized spacial score (nSPS) is 10.9. The first-order chi connectivity index (χ1) is 13.1. The van der Waals surface area contributed by atoms with E-state index in [4.69, 9.17) is 9.47 Å². The first kappa shape index (κ1) is 20.7. The number of nitrogens with zero attached hydrogens (tertiary/aromatic N) is 2. The average Bonchev–Trinajstić information content (AvgIpc) is 3.34. The smallest absolute Gasteiger partial charge is 0.465 e. The number of hydrogen-bond donors (Lipinski definition) is 0. The van der Waals surface area contributed by atoms with Gasteiger partial charge in [-0.25, -0.2) is 9.97 Å². The third kappa shape index (κ3) is 4.69. The zero-order valence-electron chi connectivity index (χ0n) is 15.1. The predicted octanol–water partition coefficient (Wildman–Crippen LogP) is 6.11. The van der Waals surface area contributed by atoms with E-state index in [1.807, 2.05) is 59.3 Å². The summed E-state index contributed by atoms with van der Waals surface area (Å²) >= 11 is 3.11. The number of benzene rings is 2. The Morgan fingerprint density at radius 1 is 0.786 bits per heavy atom. The molecule has 0 N–H and O–H groups in total. The number of aromatic nitrogens is 2. The first-order valence-electron chi connectivity index (χ1n) is 8.32. The molecule has 4 nitrogen and oxygen atoms in total. The largest absolute Gasteiger partial charge is 2.00 e. The SMILES string of the molecule is CC(C)(c1nc(Oc2[c-]cccc2)cs1)c1nc(Oc2[c-]cccc2)cs1.[Pt+2]. The molecule has 0 fully saturated rings. The van der Waals surface area contributed by atoms with Crippen LogP contribution in [0, 0.1) is 12.1 Å². The molecule has 0 saturated carbocycles. The minimum atomic E-state index is -0.348. The Morgan fingerprint density at radius 3 is 1.64 bits per heavy atom. The fourth-order valence-corrected chi connectivity index (χ4v) is 4.14. The molecule has 0 spiro atoms. The van der Waals surface area contributed by atoms with Gasteiger partial charge in [-0.2, -0.15) is 36.4 Å². The molecule has 0 aliphatic rings. The van der Waals surface area contributed by atoms with Gasteiger partial charge in [-0.15, -0.1) is 46.9 Å². The van der Waals surface area contributed by atoms with E-state index in [2.05, 4.69) is 35.9 Å². The molecule has 0 atom stereocenters. The first-order valence-corrected chi connectivity index (χ1v) is 10.1. The van der Waals surface area contributed by atoms with E-state index in [9.17, 15) is 0 Å². The Morgan fingerprint density at radius 2 is 1.25 bits per heavy atom. The summed E-state index contributed by atoms with van der Waals surface area (Å²) in [5, 5.41) is 5.67. The minimum absolute atomic E-state index is 0. The van der Waals surface area contributed by atoms with Crippen LogP contribution in [-0.2, 0) is 26.5 Å². The van der Waals surface area contributed by atoms with Crippen LogP contribution >= 0.6 is 22.7 Å². The second kappa shape index (κ2) is 8.99. The number of rotatable bonds is 6. The molecule has 0 aliphatic carbocycles. The molecule has 2 heterocycles.